The van der Waals surface area contributed by atoms with Gasteiger partial charge in [-0.1, -0.05) is 20.8 Å². The largest absolute Gasteiger partial charge is 0.269 e. The van der Waals surface area contributed by atoms with Crippen LogP contribution in [0.3, 0.4) is 0 Å². The van der Waals surface area contributed by atoms with Gasteiger partial charge in [-0.25, -0.2) is 0 Å². The van der Waals surface area contributed by atoms with Crippen LogP contribution in [0.5, 0.6) is 0 Å². The van der Waals surface area contributed by atoms with E-state index in [4.69, 9.17) is 0 Å². The van der Waals surface area contributed by atoms with E-state index in [2.05, 4.69) is 38.4 Å². The molecular weight excluding hydrogens is 142 g/mol. The minimum atomic E-state index is 0.121. The van der Waals surface area contributed by atoms with Gasteiger partial charge in [0.25, 0.3) is 0 Å². The van der Waals surface area contributed by atoms with Gasteiger partial charge in [-0.2, -0.15) is 0 Å². The highest BCUT2D eigenvalue weighted by Crippen LogP contribution is 2.27. The molecule has 0 atom stereocenters. The van der Waals surface area contributed by atoms with Crippen molar-refractivity contribution in [1.82, 2.24) is 0 Å². The topological polar surface area (TPSA) is 12.4 Å². The molecule has 0 unspecified atom stereocenters. The lowest BCUT2D eigenvalue weighted by atomic mass is 9.97. The SMILES string of the molecule is CC=N/C=C(\S)C(C)(C)C. The summed E-state index contributed by atoms with van der Waals surface area (Å²) in [5.74, 6) is 0. The van der Waals surface area contributed by atoms with E-state index in [9.17, 15) is 0 Å². The van der Waals surface area contributed by atoms with Crippen molar-refractivity contribution in [2.24, 2.45) is 10.4 Å². The van der Waals surface area contributed by atoms with Gasteiger partial charge in [-0.05, 0) is 12.3 Å². The van der Waals surface area contributed by atoms with Crippen LogP contribution in [0.2, 0.25) is 0 Å². The Kier molecular flexibility index (Phi) is 3.72. The molecular formula is C8H15NS. The third-order valence-electron chi connectivity index (χ3n) is 1.11. The summed E-state index contributed by atoms with van der Waals surface area (Å²) >= 11 is 4.29. The summed E-state index contributed by atoms with van der Waals surface area (Å²) in [5, 5.41) is 0. The second-order valence-electron chi connectivity index (χ2n) is 3.17. The molecule has 0 N–H and O–H groups in total. The molecule has 0 aromatic rings. The number of thiol groups is 1. The third-order valence-corrected chi connectivity index (χ3v) is 1.90. The quantitative estimate of drug-likeness (QED) is 0.444. The van der Waals surface area contributed by atoms with Crippen LogP contribution < -0.4 is 0 Å². The highest BCUT2D eigenvalue weighted by Gasteiger charge is 2.12. The summed E-state index contributed by atoms with van der Waals surface area (Å²) < 4.78 is 0. The van der Waals surface area contributed by atoms with E-state index in [1.807, 2.05) is 6.92 Å². The molecule has 0 aromatic heterocycles. The summed E-state index contributed by atoms with van der Waals surface area (Å²) in [6.45, 7) is 8.21. The lowest BCUT2D eigenvalue weighted by Crippen LogP contribution is -2.03. The average Bonchev–Trinajstić information content (AvgIpc) is 1.80. The van der Waals surface area contributed by atoms with Crippen molar-refractivity contribution >= 4 is 18.8 Å². The van der Waals surface area contributed by atoms with Crippen LogP contribution in [0.25, 0.3) is 0 Å². The van der Waals surface area contributed by atoms with Gasteiger partial charge in [-0.3, -0.25) is 4.99 Å². The molecule has 0 radical (unpaired) electrons. The minimum absolute atomic E-state index is 0.121. The van der Waals surface area contributed by atoms with E-state index in [-0.39, 0.29) is 5.41 Å². The summed E-state index contributed by atoms with van der Waals surface area (Å²) in [6, 6.07) is 0. The fourth-order valence-electron chi connectivity index (χ4n) is 0.339. The van der Waals surface area contributed by atoms with Crippen LogP contribution in [0.4, 0.5) is 0 Å². The molecule has 0 rings (SSSR count). The summed E-state index contributed by atoms with van der Waals surface area (Å²) in [5.41, 5.74) is 0.121. The highest BCUT2D eigenvalue weighted by molar-refractivity contribution is 7.84. The van der Waals surface area contributed by atoms with E-state index in [1.54, 1.807) is 12.4 Å². The molecule has 0 aliphatic carbocycles. The molecule has 2 heteroatoms. The number of allylic oxidation sites excluding steroid dienone is 1. The summed E-state index contributed by atoms with van der Waals surface area (Å²) in [6.07, 6.45) is 3.53. The molecule has 0 saturated carbocycles. The molecule has 0 fully saturated rings. The Morgan fingerprint density at radius 3 is 2.20 bits per heavy atom. The van der Waals surface area contributed by atoms with Gasteiger partial charge in [0.1, 0.15) is 0 Å². The van der Waals surface area contributed by atoms with Crippen LogP contribution in [0.1, 0.15) is 27.7 Å². The van der Waals surface area contributed by atoms with Crippen LogP contribution in [0, 0.1) is 5.41 Å². The maximum absolute atomic E-state index is 4.29. The molecule has 10 heavy (non-hydrogen) atoms. The number of hydrogen-bond donors (Lipinski definition) is 1. The maximum atomic E-state index is 4.29. The first kappa shape index (κ1) is 9.76. The first-order valence-electron chi connectivity index (χ1n) is 3.36. The number of nitrogens with zero attached hydrogens (tertiary/aromatic N) is 1. The number of rotatable bonds is 1. The first-order valence-corrected chi connectivity index (χ1v) is 3.80. The fraction of sp³-hybridized carbons (Fsp3) is 0.625. The second kappa shape index (κ2) is 3.81. The Labute approximate surface area is 68.7 Å². The molecule has 58 valence electrons. The number of hydrogen-bond acceptors (Lipinski definition) is 2. The maximum Gasteiger partial charge on any atom is 0.0361 e. The molecule has 0 spiro atoms. The highest BCUT2D eigenvalue weighted by atomic mass is 32.1. The first-order chi connectivity index (χ1) is 4.48. The van der Waals surface area contributed by atoms with E-state index >= 15 is 0 Å². The van der Waals surface area contributed by atoms with Crippen LogP contribution in [-0.2, 0) is 0 Å². The Balaban J connectivity index is 4.20. The van der Waals surface area contributed by atoms with E-state index < -0.39 is 0 Å². The van der Waals surface area contributed by atoms with Gasteiger partial charge in [0.15, 0.2) is 0 Å². The molecule has 0 aromatic carbocycles. The lowest BCUT2D eigenvalue weighted by Gasteiger charge is -2.16. The van der Waals surface area contributed by atoms with Gasteiger partial charge >= 0.3 is 0 Å². The second-order valence-corrected chi connectivity index (χ2v) is 3.65. The van der Waals surface area contributed by atoms with Gasteiger partial charge < -0.3 is 0 Å². The standard InChI is InChI=1S/C8H15NS/c1-5-9-6-7(10)8(2,3)4/h5-6,10H,1-4H3/b7-6-,9-5?. The van der Waals surface area contributed by atoms with Gasteiger partial charge in [0.05, 0.1) is 0 Å². The average molecular weight is 157 g/mol. The molecule has 0 heterocycles. The van der Waals surface area contributed by atoms with Crippen molar-refractivity contribution in [2.75, 3.05) is 0 Å². The zero-order valence-corrected chi connectivity index (χ0v) is 7.94. The third kappa shape index (κ3) is 3.72. The molecule has 0 saturated heterocycles. The van der Waals surface area contributed by atoms with Gasteiger partial charge in [-0.15, -0.1) is 12.6 Å². The van der Waals surface area contributed by atoms with Gasteiger partial charge in [0, 0.05) is 17.3 Å². The summed E-state index contributed by atoms with van der Waals surface area (Å²) in [7, 11) is 0. The predicted octanol–water partition coefficient (Wildman–Crippen LogP) is 2.89. The molecule has 0 aliphatic rings. The van der Waals surface area contributed by atoms with Crippen LogP contribution in [0.15, 0.2) is 16.1 Å². The Hall–Kier alpha value is -0.240. The van der Waals surface area contributed by atoms with E-state index in [1.165, 1.54) is 0 Å². The smallest absolute Gasteiger partial charge is 0.0361 e. The van der Waals surface area contributed by atoms with Crippen molar-refractivity contribution in [3.8, 4) is 0 Å². The molecule has 0 aliphatic heterocycles. The Morgan fingerprint density at radius 2 is 1.90 bits per heavy atom. The Morgan fingerprint density at radius 1 is 1.40 bits per heavy atom. The van der Waals surface area contributed by atoms with Crippen LogP contribution >= 0.6 is 12.6 Å². The van der Waals surface area contributed by atoms with Crippen molar-refractivity contribution in [1.29, 1.82) is 0 Å². The number of aliphatic imine (C=N–C) groups is 1. The lowest BCUT2D eigenvalue weighted by molar-refractivity contribution is 0.533. The molecule has 0 amide bonds. The van der Waals surface area contributed by atoms with E-state index in [0.717, 1.165) is 4.91 Å². The van der Waals surface area contributed by atoms with Gasteiger partial charge in [0.2, 0.25) is 0 Å². The van der Waals surface area contributed by atoms with Crippen molar-refractivity contribution in [3.05, 3.63) is 11.1 Å². The molecule has 0 bridgehead atoms. The predicted molar refractivity (Wildman–Crippen MR) is 50.7 cm³/mol. The molecule has 1 nitrogen and oxygen atoms in total. The minimum Gasteiger partial charge on any atom is -0.269 e. The zero-order chi connectivity index (χ0) is 8.20. The van der Waals surface area contributed by atoms with Crippen molar-refractivity contribution in [3.63, 3.8) is 0 Å². The van der Waals surface area contributed by atoms with Crippen LogP contribution in [-0.4, -0.2) is 6.21 Å². The summed E-state index contributed by atoms with van der Waals surface area (Å²) in [4.78, 5) is 4.98. The van der Waals surface area contributed by atoms with Crippen molar-refractivity contribution in [2.45, 2.75) is 27.7 Å². The fourth-order valence-corrected chi connectivity index (χ4v) is 0.405. The zero-order valence-electron chi connectivity index (χ0n) is 7.05. The van der Waals surface area contributed by atoms with Crippen molar-refractivity contribution < 1.29 is 0 Å². The Bertz CT molecular complexity index is 151. The van der Waals surface area contributed by atoms with E-state index in [0.29, 0.717) is 0 Å². The monoisotopic (exact) mass is 157 g/mol. The normalized spacial score (nSPS) is 14.7.